The van der Waals surface area contributed by atoms with Crippen LogP contribution in [0.25, 0.3) is 11.3 Å². The number of hydrogen-bond donors (Lipinski definition) is 2. The molecule has 0 saturated heterocycles. The highest BCUT2D eigenvalue weighted by molar-refractivity contribution is 6.17. The van der Waals surface area contributed by atoms with E-state index in [9.17, 15) is 19.8 Å². The van der Waals surface area contributed by atoms with Crippen LogP contribution in [0.3, 0.4) is 0 Å². The second kappa shape index (κ2) is 9.11. The molecule has 0 spiro atoms. The molecule has 2 aromatic heterocycles. The fourth-order valence-corrected chi connectivity index (χ4v) is 3.83. The fraction of sp³-hybridized carbons (Fsp3) is 0.280. The molecule has 3 aromatic rings. The highest BCUT2D eigenvalue weighted by Gasteiger charge is 2.47. The summed E-state index contributed by atoms with van der Waals surface area (Å²) < 4.78 is 10.5. The predicted molar refractivity (Wildman–Crippen MR) is 123 cm³/mol. The van der Waals surface area contributed by atoms with Crippen LogP contribution >= 0.6 is 0 Å². The van der Waals surface area contributed by atoms with E-state index in [0.29, 0.717) is 16.9 Å². The molecule has 1 unspecified atom stereocenters. The number of aliphatic hydroxyl groups excluding tert-OH is 2. The van der Waals surface area contributed by atoms with Crippen LogP contribution in [0.4, 0.5) is 5.69 Å². The summed E-state index contributed by atoms with van der Waals surface area (Å²) in [6, 6.07) is 11.0. The molecule has 0 aliphatic carbocycles. The molecule has 4 rings (SSSR count). The van der Waals surface area contributed by atoms with Gasteiger partial charge in [-0.25, -0.2) is 4.98 Å². The number of nitrogens with zero attached hydrogens (tertiary/aromatic N) is 3. The summed E-state index contributed by atoms with van der Waals surface area (Å²) in [6.07, 6.45) is 2.98. The SMILES string of the molecule is CC(C)(C)C(=O)C1=C(O)C(=O)N(c2ccc(-c3ccon3)cc2)C1c1cccnc1OCCO. The van der Waals surface area contributed by atoms with Gasteiger partial charge in [0.2, 0.25) is 5.88 Å². The highest BCUT2D eigenvalue weighted by atomic mass is 16.5. The number of Topliss-reactive ketones (excluding diaryl/α,β-unsaturated/α-hetero) is 1. The first-order chi connectivity index (χ1) is 16.2. The molecule has 1 atom stereocenters. The first-order valence-corrected chi connectivity index (χ1v) is 10.7. The van der Waals surface area contributed by atoms with Crippen molar-refractivity contribution >= 4 is 17.4 Å². The largest absolute Gasteiger partial charge is 0.503 e. The molecule has 9 heteroatoms. The third kappa shape index (κ3) is 4.17. The number of carbonyl (C=O) groups excluding carboxylic acids is 2. The van der Waals surface area contributed by atoms with Crippen LogP contribution in [0.1, 0.15) is 32.4 Å². The molecule has 2 N–H and O–H groups in total. The third-order valence-electron chi connectivity index (χ3n) is 5.44. The van der Waals surface area contributed by atoms with E-state index in [2.05, 4.69) is 10.1 Å². The maximum absolute atomic E-state index is 13.4. The molecule has 0 saturated carbocycles. The van der Waals surface area contributed by atoms with Crippen molar-refractivity contribution in [1.82, 2.24) is 10.1 Å². The van der Waals surface area contributed by atoms with Crippen LogP contribution in [0.2, 0.25) is 0 Å². The van der Waals surface area contributed by atoms with Gasteiger partial charge in [-0.05, 0) is 24.3 Å². The van der Waals surface area contributed by atoms with E-state index in [1.807, 2.05) is 0 Å². The van der Waals surface area contributed by atoms with E-state index in [1.165, 1.54) is 17.4 Å². The van der Waals surface area contributed by atoms with Crippen molar-refractivity contribution in [2.75, 3.05) is 18.1 Å². The molecule has 1 aliphatic heterocycles. The molecule has 34 heavy (non-hydrogen) atoms. The van der Waals surface area contributed by atoms with Gasteiger partial charge in [0, 0.05) is 34.5 Å². The second-order valence-corrected chi connectivity index (χ2v) is 8.82. The van der Waals surface area contributed by atoms with E-state index >= 15 is 0 Å². The number of benzene rings is 1. The van der Waals surface area contributed by atoms with E-state index in [1.54, 1.807) is 63.2 Å². The molecule has 0 fully saturated rings. The molecule has 0 bridgehead atoms. The Kier molecular flexibility index (Phi) is 6.21. The first-order valence-electron chi connectivity index (χ1n) is 10.7. The number of carbonyl (C=O) groups is 2. The molecular weight excluding hydrogens is 438 g/mol. The molecular formula is C25H25N3O6. The van der Waals surface area contributed by atoms with Gasteiger partial charge in [-0.3, -0.25) is 14.5 Å². The number of ketones is 1. The van der Waals surface area contributed by atoms with Crippen molar-refractivity contribution in [2.45, 2.75) is 26.8 Å². The van der Waals surface area contributed by atoms with Crippen molar-refractivity contribution in [2.24, 2.45) is 5.41 Å². The first kappa shape index (κ1) is 23.2. The Morgan fingerprint density at radius 3 is 2.53 bits per heavy atom. The summed E-state index contributed by atoms with van der Waals surface area (Å²) in [7, 11) is 0. The van der Waals surface area contributed by atoms with Crippen LogP contribution in [-0.4, -0.2) is 45.3 Å². The lowest BCUT2D eigenvalue weighted by Crippen LogP contribution is -2.33. The summed E-state index contributed by atoms with van der Waals surface area (Å²) in [4.78, 5) is 32.3. The summed E-state index contributed by atoms with van der Waals surface area (Å²) in [5.74, 6) is -1.53. The van der Waals surface area contributed by atoms with Gasteiger partial charge in [0.15, 0.2) is 11.5 Å². The molecule has 1 aromatic carbocycles. The lowest BCUT2D eigenvalue weighted by atomic mass is 9.82. The number of pyridine rings is 1. The number of rotatable bonds is 7. The monoisotopic (exact) mass is 463 g/mol. The quantitative estimate of drug-likeness (QED) is 0.544. The van der Waals surface area contributed by atoms with Crippen molar-refractivity contribution in [3.63, 3.8) is 0 Å². The van der Waals surface area contributed by atoms with Crippen molar-refractivity contribution < 1.29 is 29.1 Å². The van der Waals surface area contributed by atoms with Gasteiger partial charge in [0.1, 0.15) is 24.6 Å². The minimum atomic E-state index is -0.973. The molecule has 1 amide bonds. The predicted octanol–water partition coefficient (Wildman–Crippen LogP) is 3.62. The number of aliphatic hydroxyl groups is 2. The number of amides is 1. The summed E-state index contributed by atoms with van der Waals surface area (Å²) in [5.41, 5.74) is 1.40. The minimum Gasteiger partial charge on any atom is -0.503 e. The average molecular weight is 463 g/mol. The third-order valence-corrected chi connectivity index (χ3v) is 5.44. The standard InChI is InChI=1S/C25H25N3O6/c1-25(2,3)22(31)19-20(17-5-4-11-26-23(17)33-14-12-29)28(24(32)21(19)30)16-8-6-15(7-9-16)18-10-13-34-27-18/h4-11,13,20,29-30H,12,14H2,1-3H3. The smallest absolute Gasteiger partial charge is 0.294 e. The molecule has 1 aliphatic rings. The summed E-state index contributed by atoms with van der Waals surface area (Å²) >= 11 is 0. The zero-order valence-corrected chi connectivity index (χ0v) is 19.1. The maximum Gasteiger partial charge on any atom is 0.294 e. The van der Waals surface area contributed by atoms with Gasteiger partial charge in [0.05, 0.1) is 12.2 Å². The van der Waals surface area contributed by atoms with Gasteiger partial charge in [0.25, 0.3) is 5.91 Å². The van der Waals surface area contributed by atoms with E-state index in [-0.39, 0.29) is 30.5 Å². The van der Waals surface area contributed by atoms with Crippen molar-refractivity contribution in [3.05, 3.63) is 71.8 Å². The summed E-state index contributed by atoms with van der Waals surface area (Å²) in [6.45, 7) is 4.91. The normalized spacial score (nSPS) is 16.3. The molecule has 176 valence electrons. The topological polar surface area (TPSA) is 126 Å². The Morgan fingerprint density at radius 1 is 1.18 bits per heavy atom. The number of hydrogen-bond acceptors (Lipinski definition) is 8. The van der Waals surface area contributed by atoms with Gasteiger partial charge >= 0.3 is 0 Å². The molecule has 9 nitrogen and oxygen atoms in total. The Hall–Kier alpha value is -3.98. The number of anilines is 1. The van der Waals surface area contributed by atoms with E-state index in [4.69, 9.17) is 9.26 Å². The second-order valence-electron chi connectivity index (χ2n) is 8.82. The Balaban J connectivity index is 1.84. The van der Waals surface area contributed by atoms with Crippen molar-refractivity contribution in [3.8, 4) is 17.1 Å². The lowest BCUT2D eigenvalue weighted by molar-refractivity contribution is -0.123. The van der Waals surface area contributed by atoms with Crippen LogP contribution < -0.4 is 9.64 Å². The van der Waals surface area contributed by atoms with Gasteiger partial charge < -0.3 is 19.5 Å². The minimum absolute atomic E-state index is 0.0185. The van der Waals surface area contributed by atoms with Gasteiger partial charge in [-0.15, -0.1) is 0 Å². The van der Waals surface area contributed by atoms with Gasteiger partial charge in [-0.1, -0.05) is 38.1 Å². The van der Waals surface area contributed by atoms with Gasteiger partial charge in [-0.2, -0.15) is 0 Å². The fourth-order valence-electron chi connectivity index (χ4n) is 3.83. The Morgan fingerprint density at radius 2 is 1.91 bits per heavy atom. The zero-order valence-electron chi connectivity index (χ0n) is 19.1. The Labute approximate surface area is 196 Å². The van der Waals surface area contributed by atoms with E-state index < -0.39 is 23.1 Å². The Bertz CT molecular complexity index is 1230. The number of ether oxygens (including phenoxy) is 1. The molecule has 0 radical (unpaired) electrons. The number of aromatic nitrogens is 2. The van der Waals surface area contributed by atoms with Crippen LogP contribution in [0.5, 0.6) is 5.88 Å². The average Bonchev–Trinajstić information content (AvgIpc) is 3.44. The van der Waals surface area contributed by atoms with Crippen LogP contribution in [0, 0.1) is 5.41 Å². The molecule has 3 heterocycles. The zero-order chi connectivity index (χ0) is 24.5. The van der Waals surface area contributed by atoms with Crippen LogP contribution in [-0.2, 0) is 9.59 Å². The van der Waals surface area contributed by atoms with E-state index in [0.717, 1.165) is 5.56 Å². The lowest BCUT2D eigenvalue weighted by Gasteiger charge is -2.29. The van der Waals surface area contributed by atoms with Crippen molar-refractivity contribution in [1.29, 1.82) is 0 Å². The van der Waals surface area contributed by atoms with Crippen LogP contribution in [0.15, 0.2) is 70.8 Å². The highest BCUT2D eigenvalue weighted by Crippen LogP contribution is 2.45. The maximum atomic E-state index is 13.4. The summed E-state index contributed by atoms with van der Waals surface area (Å²) in [5, 5.41) is 24.0.